The van der Waals surface area contributed by atoms with Crippen LogP contribution in [0.2, 0.25) is 0 Å². The van der Waals surface area contributed by atoms with Crippen molar-refractivity contribution in [3.8, 4) is 5.75 Å². The van der Waals surface area contributed by atoms with Crippen LogP contribution in [0.25, 0.3) is 0 Å². The molecule has 0 heterocycles. The summed E-state index contributed by atoms with van der Waals surface area (Å²) in [5.74, 6) is 0.193. The average molecular weight is 630 g/mol. The molecular formula is C30H34Br2N2O3. The van der Waals surface area contributed by atoms with Gasteiger partial charge in [-0.2, -0.15) is 0 Å². The number of aryl methyl sites for hydroxylation is 1. The van der Waals surface area contributed by atoms with E-state index in [4.69, 9.17) is 4.74 Å². The Morgan fingerprint density at radius 3 is 2.27 bits per heavy atom. The van der Waals surface area contributed by atoms with E-state index in [0.717, 1.165) is 39.3 Å². The lowest BCUT2D eigenvalue weighted by molar-refractivity contribution is -0.142. The Morgan fingerprint density at radius 1 is 0.919 bits per heavy atom. The quantitative estimate of drug-likeness (QED) is 0.214. The Labute approximate surface area is 236 Å². The van der Waals surface area contributed by atoms with E-state index in [2.05, 4.69) is 51.0 Å². The first kappa shape index (κ1) is 28.9. The number of amides is 2. The Bertz CT molecular complexity index is 1150. The molecule has 0 bridgehead atoms. The first-order valence-corrected chi connectivity index (χ1v) is 14.3. The average Bonchev–Trinajstić information content (AvgIpc) is 2.91. The zero-order valence-corrected chi connectivity index (χ0v) is 24.6. The molecule has 0 saturated carbocycles. The molecule has 5 nitrogen and oxygen atoms in total. The van der Waals surface area contributed by atoms with Crippen molar-refractivity contribution in [1.82, 2.24) is 10.2 Å². The molecule has 3 aromatic rings. The summed E-state index contributed by atoms with van der Waals surface area (Å²) in [6.45, 7) is 4.87. The van der Waals surface area contributed by atoms with E-state index in [1.807, 2.05) is 72.8 Å². The first-order chi connectivity index (χ1) is 17.9. The second-order valence-electron chi connectivity index (χ2n) is 8.91. The highest BCUT2D eigenvalue weighted by atomic mass is 79.9. The van der Waals surface area contributed by atoms with Crippen molar-refractivity contribution in [1.29, 1.82) is 0 Å². The van der Waals surface area contributed by atoms with Gasteiger partial charge in [0, 0.05) is 24.0 Å². The molecule has 3 aromatic carbocycles. The van der Waals surface area contributed by atoms with Gasteiger partial charge in [-0.05, 0) is 69.7 Å². The van der Waals surface area contributed by atoms with Gasteiger partial charge in [0.2, 0.25) is 5.91 Å². The molecule has 0 saturated heterocycles. The topological polar surface area (TPSA) is 58.6 Å². The normalized spacial score (nSPS) is 11.6. The highest BCUT2D eigenvalue weighted by molar-refractivity contribution is 9.10. The lowest BCUT2D eigenvalue weighted by Crippen LogP contribution is -2.51. The number of hydrogen-bond acceptors (Lipinski definition) is 3. The van der Waals surface area contributed by atoms with E-state index < -0.39 is 6.04 Å². The zero-order chi connectivity index (χ0) is 26.6. The van der Waals surface area contributed by atoms with Crippen LogP contribution in [0.3, 0.4) is 0 Å². The fraction of sp³-hybridized carbons (Fsp3) is 0.333. The lowest BCUT2D eigenvalue weighted by atomic mass is 10.0. The number of halogens is 2. The van der Waals surface area contributed by atoms with Crippen LogP contribution in [-0.2, 0) is 29.0 Å². The van der Waals surface area contributed by atoms with Crippen molar-refractivity contribution in [3.63, 3.8) is 0 Å². The summed E-state index contributed by atoms with van der Waals surface area (Å²) in [5.41, 5.74) is 3.10. The molecule has 1 atom stereocenters. The van der Waals surface area contributed by atoms with Crippen molar-refractivity contribution in [2.24, 2.45) is 0 Å². The molecule has 37 heavy (non-hydrogen) atoms. The van der Waals surface area contributed by atoms with Gasteiger partial charge in [0.1, 0.15) is 11.8 Å². The molecule has 2 amide bonds. The Balaban J connectivity index is 1.88. The standard InChI is InChI=1S/C30H34Br2N2O3/c1-3-5-17-33-30(36)27(19-23-9-7-6-8-10-23)34(20-24-11-14-25(31)15-12-24)29(35)21-37-28-16-13-22(4-2)18-26(28)32/h6-16,18,27H,3-5,17,19-21H2,1-2H3,(H,33,36)/t27-/m1/s1. The van der Waals surface area contributed by atoms with Crippen molar-refractivity contribution >= 4 is 43.7 Å². The van der Waals surface area contributed by atoms with Gasteiger partial charge < -0.3 is 15.0 Å². The van der Waals surface area contributed by atoms with E-state index in [9.17, 15) is 9.59 Å². The monoisotopic (exact) mass is 628 g/mol. The largest absolute Gasteiger partial charge is 0.483 e. The zero-order valence-electron chi connectivity index (χ0n) is 21.4. The highest BCUT2D eigenvalue weighted by Crippen LogP contribution is 2.26. The van der Waals surface area contributed by atoms with Gasteiger partial charge >= 0.3 is 0 Å². The maximum absolute atomic E-state index is 13.7. The predicted molar refractivity (Wildman–Crippen MR) is 156 cm³/mol. The van der Waals surface area contributed by atoms with Gasteiger partial charge in [-0.25, -0.2) is 0 Å². The van der Waals surface area contributed by atoms with Crippen molar-refractivity contribution in [2.75, 3.05) is 13.2 Å². The predicted octanol–water partition coefficient (Wildman–Crippen LogP) is 6.71. The van der Waals surface area contributed by atoms with Crippen LogP contribution in [0.1, 0.15) is 43.4 Å². The van der Waals surface area contributed by atoms with E-state index in [1.165, 1.54) is 5.56 Å². The number of rotatable bonds is 13. The van der Waals surface area contributed by atoms with E-state index in [1.54, 1.807) is 4.90 Å². The van der Waals surface area contributed by atoms with Crippen LogP contribution in [-0.4, -0.2) is 35.9 Å². The van der Waals surface area contributed by atoms with Gasteiger partial charge in [0.05, 0.1) is 4.47 Å². The molecule has 196 valence electrons. The first-order valence-electron chi connectivity index (χ1n) is 12.7. The van der Waals surface area contributed by atoms with Crippen LogP contribution in [0.15, 0.2) is 81.7 Å². The maximum Gasteiger partial charge on any atom is 0.261 e. The van der Waals surface area contributed by atoms with E-state index in [0.29, 0.717) is 25.3 Å². The fourth-order valence-electron chi connectivity index (χ4n) is 3.95. The third-order valence-electron chi connectivity index (χ3n) is 6.12. The van der Waals surface area contributed by atoms with Gasteiger partial charge in [0.25, 0.3) is 5.91 Å². The molecule has 7 heteroatoms. The van der Waals surface area contributed by atoms with Crippen LogP contribution in [0.4, 0.5) is 0 Å². The second kappa shape index (κ2) is 14.9. The van der Waals surface area contributed by atoms with Crippen LogP contribution >= 0.6 is 31.9 Å². The van der Waals surface area contributed by atoms with E-state index >= 15 is 0 Å². The number of benzene rings is 3. The van der Waals surface area contributed by atoms with Gasteiger partial charge in [0.15, 0.2) is 6.61 Å². The Hall–Kier alpha value is -2.64. The molecule has 0 unspecified atom stereocenters. The number of carbonyl (C=O) groups excluding carboxylic acids is 2. The summed E-state index contributed by atoms with van der Waals surface area (Å²) in [4.78, 5) is 28.8. The summed E-state index contributed by atoms with van der Waals surface area (Å²) in [7, 11) is 0. The maximum atomic E-state index is 13.7. The summed E-state index contributed by atoms with van der Waals surface area (Å²) in [6.07, 6.45) is 3.18. The Morgan fingerprint density at radius 2 is 1.62 bits per heavy atom. The molecular weight excluding hydrogens is 596 g/mol. The summed E-state index contributed by atoms with van der Waals surface area (Å²) >= 11 is 7.02. The highest BCUT2D eigenvalue weighted by Gasteiger charge is 2.30. The summed E-state index contributed by atoms with van der Waals surface area (Å²) in [6, 6.07) is 22.8. The molecule has 3 rings (SSSR count). The van der Waals surface area contributed by atoms with Crippen LogP contribution < -0.4 is 10.1 Å². The molecule has 0 aliphatic rings. The lowest BCUT2D eigenvalue weighted by Gasteiger charge is -2.31. The molecule has 0 spiro atoms. The molecule has 0 aliphatic carbocycles. The minimum absolute atomic E-state index is 0.156. The van der Waals surface area contributed by atoms with Crippen LogP contribution in [0.5, 0.6) is 5.75 Å². The summed E-state index contributed by atoms with van der Waals surface area (Å²) in [5, 5.41) is 3.04. The second-order valence-corrected chi connectivity index (χ2v) is 10.7. The van der Waals surface area contributed by atoms with Gasteiger partial charge in [-0.15, -0.1) is 0 Å². The number of ether oxygens (including phenoxy) is 1. The minimum atomic E-state index is -0.676. The van der Waals surface area contributed by atoms with Crippen molar-refractivity contribution in [2.45, 2.75) is 52.1 Å². The van der Waals surface area contributed by atoms with Crippen LogP contribution in [0, 0.1) is 0 Å². The van der Waals surface area contributed by atoms with Crippen molar-refractivity contribution in [3.05, 3.63) is 98.4 Å². The number of hydrogen-bond donors (Lipinski definition) is 1. The molecule has 0 aromatic heterocycles. The van der Waals surface area contributed by atoms with Gasteiger partial charge in [-0.1, -0.05) is 84.7 Å². The van der Waals surface area contributed by atoms with Crippen molar-refractivity contribution < 1.29 is 14.3 Å². The van der Waals surface area contributed by atoms with E-state index in [-0.39, 0.29) is 18.4 Å². The number of carbonyl (C=O) groups is 2. The van der Waals surface area contributed by atoms with Gasteiger partial charge in [-0.3, -0.25) is 9.59 Å². The third kappa shape index (κ3) is 9.00. The smallest absolute Gasteiger partial charge is 0.261 e. The molecule has 1 N–H and O–H groups in total. The summed E-state index contributed by atoms with van der Waals surface area (Å²) < 4.78 is 7.69. The number of nitrogens with one attached hydrogen (secondary N) is 1. The Kier molecular flexibility index (Phi) is 11.7. The number of nitrogens with zero attached hydrogens (tertiary/aromatic N) is 1. The minimum Gasteiger partial charge on any atom is -0.483 e. The fourth-order valence-corrected chi connectivity index (χ4v) is 4.76. The number of unbranched alkanes of at least 4 members (excludes halogenated alkanes) is 1. The molecule has 0 radical (unpaired) electrons. The molecule has 0 fully saturated rings. The third-order valence-corrected chi connectivity index (χ3v) is 7.27. The molecule has 0 aliphatic heterocycles. The SMILES string of the molecule is CCCCNC(=O)[C@@H](Cc1ccccc1)N(Cc1ccc(Br)cc1)C(=O)COc1ccc(CC)cc1Br.